The summed E-state index contributed by atoms with van der Waals surface area (Å²) in [5.41, 5.74) is 5.07. The minimum absolute atomic E-state index is 0.01000. The Bertz CT molecular complexity index is 171. The van der Waals surface area contributed by atoms with Crippen molar-refractivity contribution in [3.8, 4) is 0 Å². The fraction of sp³-hybridized carbons (Fsp3) is 0.750. The normalized spacial score (nSPS) is 9.69. The van der Waals surface area contributed by atoms with Crippen molar-refractivity contribution in [2.24, 2.45) is 5.73 Å². The second-order valence-electron chi connectivity index (χ2n) is 2.67. The van der Waals surface area contributed by atoms with Crippen LogP contribution in [0.1, 0.15) is 19.3 Å². The molecule has 0 aromatic heterocycles. The minimum Gasteiger partial charge on any atom is -0.396 e. The molecule has 5 heteroatoms. The summed E-state index contributed by atoms with van der Waals surface area (Å²) in [5, 5.41) is 11.0. The number of carbonyl (C=O) groups is 2. The number of hydrogen-bond acceptors (Lipinski definition) is 4. The number of hydrogen-bond donors (Lipinski definition) is 3. The first kappa shape index (κ1) is 12.1. The fourth-order valence-corrected chi connectivity index (χ4v) is 0.750. The maximum atomic E-state index is 11.0. The molecule has 0 saturated carbocycles. The van der Waals surface area contributed by atoms with Crippen LogP contribution in [-0.4, -0.2) is 36.5 Å². The van der Waals surface area contributed by atoms with E-state index < -0.39 is 0 Å². The van der Waals surface area contributed by atoms with E-state index in [4.69, 9.17) is 10.8 Å². The third-order valence-electron chi connectivity index (χ3n) is 1.52. The molecule has 0 rings (SSSR count). The molecule has 0 unspecified atom stereocenters. The summed E-state index contributed by atoms with van der Waals surface area (Å²) >= 11 is 0. The Morgan fingerprint density at radius 3 is 2.54 bits per heavy atom. The van der Waals surface area contributed by atoms with E-state index in [1.54, 1.807) is 0 Å². The van der Waals surface area contributed by atoms with Crippen LogP contribution in [0.25, 0.3) is 0 Å². The molecule has 1 amide bonds. The monoisotopic (exact) mass is 188 g/mol. The molecule has 0 spiro atoms. The number of aliphatic hydroxyl groups excluding tert-OH is 1. The van der Waals surface area contributed by atoms with Crippen LogP contribution in [0.2, 0.25) is 0 Å². The highest BCUT2D eigenvalue weighted by molar-refractivity contribution is 5.85. The molecule has 0 aliphatic rings. The van der Waals surface area contributed by atoms with Crippen molar-refractivity contribution < 1.29 is 14.7 Å². The molecule has 0 fully saturated rings. The van der Waals surface area contributed by atoms with E-state index in [9.17, 15) is 9.59 Å². The van der Waals surface area contributed by atoms with Crippen LogP contribution in [0.3, 0.4) is 0 Å². The van der Waals surface area contributed by atoms with Crippen LogP contribution in [0.4, 0.5) is 0 Å². The van der Waals surface area contributed by atoms with Gasteiger partial charge in [0.05, 0.1) is 6.54 Å². The Labute approximate surface area is 77.3 Å². The van der Waals surface area contributed by atoms with Gasteiger partial charge in [-0.25, -0.2) is 0 Å². The summed E-state index contributed by atoms with van der Waals surface area (Å²) < 4.78 is 0. The second-order valence-corrected chi connectivity index (χ2v) is 2.67. The van der Waals surface area contributed by atoms with Gasteiger partial charge in [-0.05, 0) is 6.42 Å². The number of Topliss-reactive ketones (excluding diaryl/α,β-unsaturated/α-hetero) is 1. The number of carbonyl (C=O) groups excluding carboxylic acids is 2. The zero-order chi connectivity index (χ0) is 10.1. The average molecular weight is 188 g/mol. The van der Waals surface area contributed by atoms with Gasteiger partial charge in [-0.2, -0.15) is 0 Å². The first-order chi connectivity index (χ1) is 6.20. The number of aliphatic hydroxyl groups is 1. The number of rotatable bonds is 7. The van der Waals surface area contributed by atoms with Crippen molar-refractivity contribution in [2.75, 3.05) is 19.7 Å². The Balaban J connectivity index is 3.35. The number of nitrogens with one attached hydrogen (secondary N) is 1. The van der Waals surface area contributed by atoms with E-state index in [1.165, 1.54) is 0 Å². The van der Waals surface area contributed by atoms with Crippen molar-refractivity contribution in [1.29, 1.82) is 0 Å². The minimum atomic E-state index is -0.171. The predicted molar refractivity (Wildman–Crippen MR) is 48.0 cm³/mol. The van der Waals surface area contributed by atoms with Gasteiger partial charge in [0.15, 0.2) is 0 Å². The number of ketones is 1. The third kappa shape index (κ3) is 7.42. The summed E-state index contributed by atoms with van der Waals surface area (Å²) in [6.45, 7) is 0.498. The van der Waals surface area contributed by atoms with Crippen LogP contribution in [-0.2, 0) is 9.59 Å². The molecule has 0 aromatic rings. The molecule has 0 bridgehead atoms. The molecule has 0 atom stereocenters. The molecular weight excluding hydrogens is 172 g/mol. The van der Waals surface area contributed by atoms with Gasteiger partial charge >= 0.3 is 0 Å². The van der Waals surface area contributed by atoms with E-state index >= 15 is 0 Å². The van der Waals surface area contributed by atoms with Crippen LogP contribution in [0.15, 0.2) is 0 Å². The van der Waals surface area contributed by atoms with Crippen molar-refractivity contribution in [1.82, 2.24) is 5.32 Å². The lowest BCUT2D eigenvalue weighted by Crippen LogP contribution is -2.26. The highest BCUT2D eigenvalue weighted by atomic mass is 16.3. The van der Waals surface area contributed by atoms with Crippen LogP contribution in [0, 0.1) is 0 Å². The Morgan fingerprint density at radius 2 is 2.00 bits per heavy atom. The lowest BCUT2D eigenvalue weighted by atomic mass is 10.2. The summed E-state index contributed by atoms with van der Waals surface area (Å²) in [6, 6.07) is 0. The molecule has 0 heterocycles. The molecule has 5 nitrogen and oxygen atoms in total. The van der Waals surface area contributed by atoms with E-state index in [1.807, 2.05) is 0 Å². The zero-order valence-corrected chi connectivity index (χ0v) is 7.58. The molecule has 0 aromatic carbocycles. The van der Waals surface area contributed by atoms with Gasteiger partial charge in [-0.1, -0.05) is 0 Å². The number of amides is 1. The van der Waals surface area contributed by atoms with E-state index in [2.05, 4.69) is 5.32 Å². The molecule has 76 valence electrons. The van der Waals surface area contributed by atoms with E-state index in [0.29, 0.717) is 13.0 Å². The summed E-state index contributed by atoms with van der Waals surface area (Å²) in [4.78, 5) is 21.7. The SMILES string of the molecule is NCC(=O)CCC(=O)NCCCO. The smallest absolute Gasteiger partial charge is 0.220 e. The highest BCUT2D eigenvalue weighted by Crippen LogP contribution is 1.89. The Kier molecular flexibility index (Phi) is 7.14. The molecule has 0 radical (unpaired) electrons. The van der Waals surface area contributed by atoms with Gasteiger partial charge in [0.25, 0.3) is 0 Å². The van der Waals surface area contributed by atoms with E-state index in [0.717, 1.165) is 0 Å². The van der Waals surface area contributed by atoms with Crippen LogP contribution in [0.5, 0.6) is 0 Å². The average Bonchev–Trinajstić information content (AvgIpc) is 2.14. The van der Waals surface area contributed by atoms with Gasteiger partial charge in [-0.15, -0.1) is 0 Å². The first-order valence-corrected chi connectivity index (χ1v) is 4.30. The second kappa shape index (κ2) is 7.70. The summed E-state index contributed by atoms with van der Waals surface area (Å²) in [5.74, 6) is -0.285. The fourth-order valence-electron chi connectivity index (χ4n) is 0.750. The molecule has 4 N–H and O–H groups in total. The topological polar surface area (TPSA) is 92.4 Å². The maximum absolute atomic E-state index is 11.0. The molecule has 0 saturated heterocycles. The first-order valence-electron chi connectivity index (χ1n) is 4.30. The molecule has 0 aliphatic carbocycles. The van der Waals surface area contributed by atoms with Crippen molar-refractivity contribution in [2.45, 2.75) is 19.3 Å². The molecular formula is C8H16N2O3. The van der Waals surface area contributed by atoms with Crippen molar-refractivity contribution >= 4 is 11.7 Å². The zero-order valence-electron chi connectivity index (χ0n) is 7.58. The summed E-state index contributed by atoms with van der Waals surface area (Å²) in [7, 11) is 0. The van der Waals surface area contributed by atoms with Gasteiger partial charge in [0, 0.05) is 26.0 Å². The van der Waals surface area contributed by atoms with Gasteiger partial charge in [-0.3, -0.25) is 9.59 Å². The molecule has 13 heavy (non-hydrogen) atoms. The van der Waals surface area contributed by atoms with Crippen LogP contribution >= 0.6 is 0 Å². The van der Waals surface area contributed by atoms with Gasteiger partial charge < -0.3 is 16.2 Å². The van der Waals surface area contributed by atoms with E-state index in [-0.39, 0.29) is 37.7 Å². The van der Waals surface area contributed by atoms with Crippen molar-refractivity contribution in [3.05, 3.63) is 0 Å². The lowest BCUT2D eigenvalue weighted by molar-refractivity contribution is -0.124. The quantitative estimate of drug-likeness (QED) is 0.437. The van der Waals surface area contributed by atoms with Crippen LogP contribution < -0.4 is 11.1 Å². The Hall–Kier alpha value is -0.940. The number of nitrogens with two attached hydrogens (primary N) is 1. The third-order valence-corrected chi connectivity index (χ3v) is 1.52. The maximum Gasteiger partial charge on any atom is 0.220 e. The highest BCUT2D eigenvalue weighted by Gasteiger charge is 2.04. The summed E-state index contributed by atoms with van der Waals surface area (Å²) in [6.07, 6.45) is 0.916. The lowest BCUT2D eigenvalue weighted by Gasteiger charge is -2.02. The predicted octanol–water partition coefficient (Wildman–Crippen LogP) is -1.21. The standard InChI is InChI=1S/C8H16N2O3/c9-6-7(12)2-3-8(13)10-4-1-5-11/h11H,1-6,9H2,(H,10,13). The Morgan fingerprint density at radius 1 is 1.31 bits per heavy atom. The van der Waals surface area contributed by atoms with Gasteiger partial charge in [0.2, 0.25) is 5.91 Å². The largest absolute Gasteiger partial charge is 0.396 e. The molecule has 0 aliphatic heterocycles. The van der Waals surface area contributed by atoms with Gasteiger partial charge in [0.1, 0.15) is 5.78 Å². The van der Waals surface area contributed by atoms with Crippen molar-refractivity contribution in [3.63, 3.8) is 0 Å².